The van der Waals surface area contributed by atoms with E-state index in [0.717, 1.165) is 19.5 Å². The third kappa shape index (κ3) is 3.82. The SMILES string of the molecule is CC1CN(S(=O)(=O)NC2CCN(C3CCCC3)C2)CC(C)O1. The topological polar surface area (TPSA) is 61.9 Å². The maximum absolute atomic E-state index is 12.6. The zero-order valence-electron chi connectivity index (χ0n) is 13.7. The number of morpholine rings is 1. The molecule has 2 aliphatic heterocycles. The van der Waals surface area contributed by atoms with Crippen LogP contribution in [0.4, 0.5) is 0 Å². The van der Waals surface area contributed by atoms with Gasteiger partial charge in [0.05, 0.1) is 12.2 Å². The number of rotatable bonds is 4. The maximum atomic E-state index is 12.6. The number of hydrogen-bond donors (Lipinski definition) is 1. The second-order valence-electron chi connectivity index (χ2n) is 7.12. The molecular formula is C15H29N3O3S. The number of nitrogens with one attached hydrogen (secondary N) is 1. The van der Waals surface area contributed by atoms with Gasteiger partial charge >= 0.3 is 0 Å². The minimum Gasteiger partial charge on any atom is -0.373 e. The van der Waals surface area contributed by atoms with Crippen molar-refractivity contribution in [3.8, 4) is 0 Å². The van der Waals surface area contributed by atoms with Crippen molar-refractivity contribution in [1.29, 1.82) is 0 Å². The summed E-state index contributed by atoms with van der Waals surface area (Å²) in [5.41, 5.74) is 0. The van der Waals surface area contributed by atoms with Gasteiger partial charge in [0.15, 0.2) is 0 Å². The summed E-state index contributed by atoms with van der Waals surface area (Å²) >= 11 is 0. The van der Waals surface area contributed by atoms with Crippen LogP contribution in [0.2, 0.25) is 0 Å². The largest absolute Gasteiger partial charge is 0.373 e. The van der Waals surface area contributed by atoms with Crippen molar-refractivity contribution in [1.82, 2.24) is 13.9 Å². The van der Waals surface area contributed by atoms with Crippen LogP contribution in [-0.4, -0.2) is 68.1 Å². The molecule has 1 saturated carbocycles. The van der Waals surface area contributed by atoms with Crippen LogP contribution in [0, 0.1) is 0 Å². The zero-order chi connectivity index (χ0) is 15.7. The molecule has 0 aromatic heterocycles. The number of likely N-dealkylation sites (tertiary alicyclic amines) is 1. The molecule has 22 heavy (non-hydrogen) atoms. The first-order valence-electron chi connectivity index (χ1n) is 8.61. The molecule has 3 rings (SSSR count). The van der Waals surface area contributed by atoms with Crippen molar-refractivity contribution < 1.29 is 13.2 Å². The van der Waals surface area contributed by atoms with Crippen molar-refractivity contribution in [2.24, 2.45) is 0 Å². The molecule has 7 heteroatoms. The van der Waals surface area contributed by atoms with Gasteiger partial charge in [0.1, 0.15) is 0 Å². The van der Waals surface area contributed by atoms with E-state index in [1.54, 1.807) is 4.31 Å². The Morgan fingerprint density at radius 1 is 1.00 bits per heavy atom. The monoisotopic (exact) mass is 331 g/mol. The maximum Gasteiger partial charge on any atom is 0.279 e. The molecule has 0 spiro atoms. The van der Waals surface area contributed by atoms with Gasteiger partial charge < -0.3 is 4.74 Å². The fourth-order valence-corrected chi connectivity index (χ4v) is 5.67. The van der Waals surface area contributed by atoms with Crippen molar-refractivity contribution in [2.45, 2.75) is 70.2 Å². The molecule has 3 unspecified atom stereocenters. The summed E-state index contributed by atoms with van der Waals surface area (Å²) in [6, 6.07) is 0.733. The molecule has 0 radical (unpaired) electrons. The Balaban J connectivity index is 1.55. The Bertz CT molecular complexity index is 468. The summed E-state index contributed by atoms with van der Waals surface area (Å²) < 4.78 is 35.3. The second-order valence-corrected chi connectivity index (χ2v) is 8.82. The highest BCUT2D eigenvalue weighted by atomic mass is 32.2. The van der Waals surface area contributed by atoms with Gasteiger partial charge in [0, 0.05) is 38.3 Å². The molecule has 1 aliphatic carbocycles. The minimum atomic E-state index is -3.40. The normalized spacial score (nSPS) is 36.2. The number of nitrogens with zero attached hydrogens (tertiary/aromatic N) is 2. The first-order chi connectivity index (χ1) is 10.4. The van der Waals surface area contributed by atoms with Crippen molar-refractivity contribution in [3.63, 3.8) is 0 Å². The van der Waals surface area contributed by atoms with E-state index < -0.39 is 10.2 Å². The quantitative estimate of drug-likeness (QED) is 0.833. The van der Waals surface area contributed by atoms with Gasteiger partial charge in [-0.25, -0.2) is 0 Å². The third-order valence-electron chi connectivity index (χ3n) is 5.10. The van der Waals surface area contributed by atoms with Gasteiger partial charge in [-0.05, 0) is 33.1 Å². The van der Waals surface area contributed by atoms with Crippen LogP contribution >= 0.6 is 0 Å². The molecule has 2 saturated heterocycles. The summed E-state index contributed by atoms with van der Waals surface area (Å²) in [5, 5.41) is 0. The van der Waals surface area contributed by atoms with Crippen LogP contribution in [-0.2, 0) is 14.9 Å². The van der Waals surface area contributed by atoms with E-state index in [0.29, 0.717) is 19.1 Å². The van der Waals surface area contributed by atoms with Crippen LogP contribution in [0.15, 0.2) is 0 Å². The highest BCUT2D eigenvalue weighted by molar-refractivity contribution is 7.87. The fraction of sp³-hybridized carbons (Fsp3) is 1.00. The lowest BCUT2D eigenvalue weighted by atomic mass is 10.2. The third-order valence-corrected chi connectivity index (χ3v) is 6.71. The zero-order valence-corrected chi connectivity index (χ0v) is 14.5. The lowest BCUT2D eigenvalue weighted by Crippen LogP contribution is -2.54. The molecule has 0 amide bonds. The van der Waals surface area contributed by atoms with E-state index >= 15 is 0 Å². The molecule has 128 valence electrons. The molecule has 1 N–H and O–H groups in total. The van der Waals surface area contributed by atoms with Gasteiger partial charge in [0.2, 0.25) is 0 Å². The molecule has 0 bridgehead atoms. The summed E-state index contributed by atoms with van der Waals surface area (Å²) in [6.07, 6.45) is 6.03. The van der Waals surface area contributed by atoms with Crippen LogP contribution in [0.3, 0.4) is 0 Å². The minimum absolute atomic E-state index is 0.0427. The first kappa shape index (κ1) is 16.6. The molecule has 3 aliphatic rings. The van der Waals surface area contributed by atoms with Crippen LogP contribution in [0.5, 0.6) is 0 Å². The summed E-state index contributed by atoms with van der Waals surface area (Å²) in [4.78, 5) is 2.48. The number of hydrogen-bond acceptors (Lipinski definition) is 4. The van der Waals surface area contributed by atoms with Crippen molar-refractivity contribution >= 4 is 10.2 Å². The highest BCUT2D eigenvalue weighted by Gasteiger charge is 2.36. The van der Waals surface area contributed by atoms with Gasteiger partial charge in [-0.15, -0.1) is 0 Å². The van der Waals surface area contributed by atoms with Crippen LogP contribution in [0.1, 0.15) is 46.0 Å². The smallest absolute Gasteiger partial charge is 0.279 e. The Labute approximate surface area is 134 Å². The lowest BCUT2D eigenvalue weighted by Gasteiger charge is -2.35. The first-order valence-corrected chi connectivity index (χ1v) is 10.0. The van der Waals surface area contributed by atoms with Gasteiger partial charge in [-0.3, -0.25) is 4.90 Å². The van der Waals surface area contributed by atoms with Crippen molar-refractivity contribution in [3.05, 3.63) is 0 Å². The Morgan fingerprint density at radius 3 is 2.27 bits per heavy atom. The van der Waals surface area contributed by atoms with Gasteiger partial charge in [-0.2, -0.15) is 17.4 Å². The molecule has 6 nitrogen and oxygen atoms in total. The summed E-state index contributed by atoms with van der Waals surface area (Å²) in [6.45, 7) is 6.62. The van der Waals surface area contributed by atoms with Crippen LogP contribution in [0.25, 0.3) is 0 Å². The van der Waals surface area contributed by atoms with E-state index in [9.17, 15) is 8.42 Å². The molecular weight excluding hydrogens is 302 g/mol. The van der Waals surface area contributed by atoms with E-state index in [2.05, 4.69) is 9.62 Å². The molecule has 3 atom stereocenters. The van der Waals surface area contributed by atoms with Gasteiger partial charge in [-0.1, -0.05) is 12.8 Å². The number of ether oxygens (including phenoxy) is 1. The predicted octanol–water partition coefficient (Wildman–Crippen LogP) is 0.947. The average Bonchev–Trinajstić information content (AvgIpc) is 3.07. The van der Waals surface area contributed by atoms with E-state index in [4.69, 9.17) is 4.74 Å². The standard InChI is InChI=1S/C15H29N3O3S/c1-12-9-18(10-13(2)21-12)22(19,20)16-14-7-8-17(11-14)15-5-3-4-6-15/h12-16H,3-11H2,1-2H3. The molecule has 3 fully saturated rings. The molecule has 2 heterocycles. The van der Waals surface area contributed by atoms with Crippen molar-refractivity contribution in [2.75, 3.05) is 26.2 Å². The van der Waals surface area contributed by atoms with Crippen LogP contribution < -0.4 is 4.72 Å². The Kier molecular flexibility index (Phi) is 5.09. The van der Waals surface area contributed by atoms with E-state index in [-0.39, 0.29) is 18.2 Å². The fourth-order valence-electron chi connectivity index (χ4n) is 4.10. The lowest BCUT2D eigenvalue weighted by molar-refractivity contribution is -0.0444. The average molecular weight is 331 g/mol. The Hall–Kier alpha value is -0.210. The second kappa shape index (κ2) is 6.73. The highest BCUT2D eigenvalue weighted by Crippen LogP contribution is 2.27. The van der Waals surface area contributed by atoms with Gasteiger partial charge in [0.25, 0.3) is 10.2 Å². The van der Waals surface area contributed by atoms with E-state index in [1.165, 1.54) is 25.7 Å². The summed E-state index contributed by atoms with van der Waals surface area (Å²) in [7, 11) is -3.40. The molecule has 0 aromatic rings. The summed E-state index contributed by atoms with van der Waals surface area (Å²) in [5.74, 6) is 0. The van der Waals surface area contributed by atoms with E-state index in [1.807, 2.05) is 13.8 Å². The molecule has 0 aromatic carbocycles. The predicted molar refractivity (Wildman–Crippen MR) is 85.9 cm³/mol. The Morgan fingerprint density at radius 2 is 1.64 bits per heavy atom.